The summed E-state index contributed by atoms with van der Waals surface area (Å²) >= 11 is 0. The van der Waals surface area contributed by atoms with Gasteiger partial charge in [-0.1, -0.05) is 67.6 Å². The Bertz CT molecular complexity index is 641. The second-order valence-corrected chi connectivity index (χ2v) is 6.72. The van der Waals surface area contributed by atoms with Crippen molar-refractivity contribution in [3.8, 4) is 0 Å². The molecule has 3 heteroatoms. The predicted octanol–water partition coefficient (Wildman–Crippen LogP) is 3.11. The fraction of sp³-hybridized carbons (Fsp3) is 0.381. The Morgan fingerprint density at radius 2 is 1.62 bits per heavy atom. The van der Waals surface area contributed by atoms with Crippen molar-refractivity contribution in [1.29, 1.82) is 0 Å². The first-order valence-electron chi connectivity index (χ1n) is 8.81. The van der Waals surface area contributed by atoms with E-state index in [1.165, 1.54) is 11.1 Å². The molecule has 1 aliphatic heterocycles. The molecule has 0 aromatic heterocycles. The highest BCUT2D eigenvalue weighted by atomic mass is 16.2. The molecule has 3 rings (SSSR count). The number of amides is 1. The highest BCUT2D eigenvalue weighted by Crippen LogP contribution is 2.20. The minimum atomic E-state index is 0.101. The quantitative estimate of drug-likeness (QED) is 0.886. The van der Waals surface area contributed by atoms with Gasteiger partial charge < -0.3 is 10.2 Å². The number of benzene rings is 2. The van der Waals surface area contributed by atoms with Gasteiger partial charge >= 0.3 is 0 Å². The molecule has 2 atom stereocenters. The van der Waals surface area contributed by atoms with Crippen LogP contribution < -0.4 is 5.32 Å². The summed E-state index contributed by atoms with van der Waals surface area (Å²) < 4.78 is 0. The zero-order chi connectivity index (χ0) is 16.8. The van der Waals surface area contributed by atoms with Crippen LogP contribution in [0.1, 0.15) is 18.1 Å². The topological polar surface area (TPSA) is 32.3 Å². The lowest BCUT2D eigenvalue weighted by Crippen LogP contribution is -2.39. The zero-order valence-electron chi connectivity index (χ0n) is 14.3. The van der Waals surface area contributed by atoms with Crippen LogP contribution in [0, 0.1) is 11.8 Å². The molecule has 126 valence electrons. The van der Waals surface area contributed by atoms with Crippen LogP contribution in [0.3, 0.4) is 0 Å². The van der Waals surface area contributed by atoms with Crippen molar-refractivity contribution >= 4 is 5.91 Å². The fourth-order valence-corrected chi connectivity index (χ4v) is 3.35. The summed E-state index contributed by atoms with van der Waals surface area (Å²) in [6.45, 7) is 5.36. The number of hydrogen-bond donors (Lipinski definition) is 1. The number of nitrogens with one attached hydrogen (secondary N) is 1. The van der Waals surface area contributed by atoms with Crippen LogP contribution in [0.2, 0.25) is 0 Å². The minimum absolute atomic E-state index is 0.101. The molecule has 0 aliphatic carbocycles. The standard InChI is InChI=1S/C21H26N2O/c1-17-14-22-15-20(17)21(24)23(16-19-10-6-3-7-11-19)13-12-18-8-4-2-5-9-18/h2-11,17,20,22H,12-16H2,1H3/t17-,20-/m1/s1. The molecule has 0 bridgehead atoms. The molecule has 0 unspecified atom stereocenters. The number of nitrogens with zero attached hydrogens (tertiary/aromatic N) is 1. The number of carbonyl (C=O) groups excluding carboxylic acids is 1. The summed E-state index contributed by atoms with van der Waals surface area (Å²) in [5, 5.41) is 3.35. The third kappa shape index (κ3) is 4.24. The first-order valence-corrected chi connectivity index (χ1v) is 8.81. The molecule has 2 aromatic rings. The average Bonchev–Trinajstić information content (AvgIpc) is 3.06. The van der Waals surface area contributed by atoms with Crippen molar-refractivity contribution in [2.24, 2.45) is 11.8 Å². The Morgan fingerprint density at radius 1 is 1.00 bits per heavy atom. The number of rotatable bonds is 6. The van der Waals surface area contributed by atoms with Crippen molar-refractivity contribution in [3.05, 3.63) is 71.8 Å². The van der Waals surface area contributed by atoms with Crippen LogP contribution in [0.25, 0.3) is 0 Å². The highest BCUT2D eigenvalue weighted by Gasteiger charge is 2.32. The lowest BCUT2D eigenvalue weighted by molar-refractivity contribution is -0.136. The predicted molar refractivity (Wildman–Crippen MR) is 97.5 cm³/mol. The summed E-state index contributed by atoms with van der Waals surface area (Å²) in [7, 11) is 0. The third-order valence-corrected chi connectivity index (χ3v) is 4.88. The molecule has 1 amide bonds. The van der Waals surface area contributed by atoms with Gasteiger partial charge in [-0.15, -0.1) is 0 Å². The maximum absolute atomic E-state index is 13.1. The monoisotopic (exact) mass is 322 g/mol. The summed E-state index contributed by atoms with van der Waals surface area (Å²) in [5.41, 5.74) is 2.47. The summed E-state index contributed by atoms with van der Waals surface area (Å²) in [6.07, 6.45) is 0.897. The maximum atomic E-state index is 13.1. The van der Waals surface area contributed by atoms with E-state index < -0.39 is 0 Å². The summed E-state index contributed by atoms with van der Waals surface area (Å²) in [4.78, 5) is 15.1. The van der Waals surface area contributed by atoms with Crippen molar-refractivity contribution in [2.45, 2.75) is 19.9 Å². The SMILES string of the molecule is C[C@@H]1CNC[C@H]1C(=O)N(CCc1ccccc1)Cc1ccccc1. The summed E-state index contributed by atoms with van der Waals surface area (Å²) in [5.74, 6) is 0.796. The smallest absolute Gasteiger partial charge is 0.227 e. The molecule has 1 N–H and O–H groups in total. The molecule has 0 spiro atoms. The lowest BCUT2D eigenvalue weighted by Gasteiger charge is -2.27. The largest absolute Gasteiger partial charge is 0.338 e. The van der Waals surface area contributed by atoms with E-state index in [1.54, 1.807) is 0 Å². The van der Waals surface area contributed by atoms with Gasteiger partial charge in [0, 0.05) is 19.6 Å². The van der Waals surface area contributed by atoms with Crippen LogP contribution in [-0.2, 0) is 17.8 Å². The second-order valence-electron chi connectivity index (χ2n) is 6.72. The van der Waals surface area contributed by atoms with E-state index in [4.69, 9.17) is 0 Å². The Labute approximate surface area is 144 Å². The maximum Gasteiger partial charge on any atom is 0.227 e. The van der Waals surface area contributed by atoms with E-state index in [0.29, 0.717) is 12.5 Å². The first kappa shape index (κ1) is 16.7. The lowest BCUT2D eigenvalue weighted by atomic mass is 9.96. The van der Waals surface area contributed by atoms with E-state index in [9.17, 15) is 4.79 Å². The van der Waals surface area contributed by atoms with Crippen LogP contribution in [-0.4, -0.2) is 30.4 Å². The first-order chi connectivity index (χ1) is 11.7. The molecule has 0 radical (unpaired) electrons. The molecular weight excluding hydrogens is 296 g/mol. The van der Waals surface area contributed by atoms with Gasteiger partial charge in [0.2, 0.25) is 5.91 Å². The molecule has 1 heterocycles. The van der Waals surface area contributed by atoms with Crippen LogP contribution in [0.5, 0.6) is 0 Å². The molecule has 1 saturated heterocycles. The molecule has 1 fully saturated rings. The highest BCUT2D eigenvalue weighted by molar-refractivity contribution is 5.79. The van der Waals surface area contributed by atoms with E-state index >= 15 is 0 Å². The van der Waals surface area contributed by atoms with Gasteiger partial charge in [-0.2, -0.15) is 0 Å². The van der Waals surface area contributed by atoms with Gasteiger partial charge in [0.1, 0.15) is 0 Å². The Morgan fingerprint density at radius 3 is 2.21 bits per heavy atom. The van der Waals surface area contributed by atoms with Crippen LogP contribution >= 0.6 is 0 Å². The van der Waals surface area contributed by atoms with E-state index in [0.717, 1.165) is 26.1 Å². The Hall–Kier alpha value is -2.13. The molecular formula is C21H26N2O. The Kier molecular flexibility index (Phi) is 5.65. The minimum Gasteiger partial charge on any atom is -0.338 e. The molecule has 2 aromatic carbocycles. The van der Waals surface area contributed by atoms with E-state index in [1.807, 2.05) is 29.2 Å². The van der Waals surface area contributed by atoms with Crippen LogP contribution in [0.4, 0.5) is 0 Å². The third-order valence-electron chi connectivity index (χ3n) is 4.88. The van der Waals surface area contributed by atoms with Crippen molar-refractivity contribution < 1.29 is 4.79 Å². The van der Waals surface area contributed by atoms with Gasteiger partial charge in [-0.25, -0.2) is 0 Å². The average molecular weight is 322 g/mol. The molecule has 1 aliphatic rings. The van der Waals surface area contributed by atoms with Crippen LogP contribution in [0.15, 0.2) is 60.7 Å². The fourth-order valence-electron chi connectivity index (χ4n) is 3.35. The van der Waals surface area contributed by atoms with Crippen molar-refractivity contribution in [3.63, 3.8) is 0 Å². The number of carbonyl (C=O) groups is 1. The van der Waals surface area contributed by atoms with Gasteiger partial charge in [0.05, 0.1) is 5.92 Å². The molecule has 3 nitrogen and oxygen atoms in total. The van der Waals surface area contributed by atoms with Gasteiger partial charge in [0.25, 0.3) is 0 Å². The van der Waals surface area contributed by atoms with E-state index in [-0.39, 0.29) is 11.8 Å². The van der Waals surface area contributed by atoms with Crippen molar-refractivity contribution in [2.75, 3.05) is 19.6 Å². The Balaban J connectivity index is 1.71. The second kappa shape index (κ2) is 8.11. The molecule has 0 saturated carbocycles. The number of hydrogen-bond acceptors (Lipinski definition) is 2. The van der Waals surface area contributed by atoms with Gasteiger partial charge in [0.15, 0.2) is 0 Å². The van der Waals surface area contributed by atoms with Gasteiger partial charge in [-0.05, 0) is 30.0 Å². The molecule has 24 heavy (non-hydrogen) atoms. The normalized spacial score (nSPS) is 20.0. The van der Waals surface area contributed by atoms with E-state index in [2.05, 4.69) is 48.6 Å². The van der Waals surface area contributed by atoms with Crippen molar-refractivity contribution in [1.82, 2.24) is 10.2 Å². The zero-order valence-corrected chi connectivity index (χ0v) is 14.3. The summed E-state index contributed by atoms with van der Waals surface area (Å²) in [6, 6.07) is 20.7. The van der Waals surface area contributed by atoms with Gasteiger partial charge in [-0.3, -0.25) is 4.79 Å².